The molecule has 0 N–H and O–H groups in total. The van der Waals surface area contributed by atoms with Crippen molar-refractivity contribution in [3.63, 3.8) is 0 Å². The van der Waals surface area contributed by atoms with Crippen LogP contribution in [0.3, 0.4) is 0 Å². The summed E-state index contributed by atoms with van der Waals surface area (Å²) in [5.74, 6) is 4.24. The number of halogens is 1. The molecule has 6 heteroatoms. The van der Waals surface area contributed by atoms with Crippen LogP contribution in [0.5, 0.6) is 17.2 Å². The summed E-state index contributed by atoms with van der Waals surface area (Å²) in [5.41, 5.74) is 4.38. The number of ether oxygens (including phenoxy) is 2. The molecular weight excluding hydrogens is 566 g/mol. The van der Waals surface area contributed by atoms with E-state index in [4.69, 9.17) is 26.1 Å². The molecule has 0 radical (unpaired) electrons. The van der Waals surface area contributed by atoms with Crippen molar-refractivity contribution >= 4 is 11.6 Å². The standard InChI is InChI=1S/C38H48ClN3O2/c1-4-7-14-38-40-36(30-15-20-33(21-16-30)43-26-11-25-41(5-2)6-3)28-42(38)32-18-22-34(23-19-32)44-37-24-17-31(39)27-35(37)29-12-9-8-10-13-29/h15-24,27-29H,4-14,25-26H2,1-3H3. The molecule has 234 valence electrons. The summed E-state index contributed by atoms with van der Waals surface area (Å²) in [7, 11) is 0. The molecule has 0 saturated heterocycles. The summed E-state index contributed by atoms with van der Waals surface area (Å²) >= 11 is 6.40. The van der Waals surface area contributed by atoms with Crippen LogP contribution in [-0.4, -0.2) is 40.7 Å². The van der Waals surface area contributed by atoms with E-state index in [1.165, 1.54) is 37.7 Å². The SMILES string of the molecule is CCCCc1nc(-c2ccc(OCCCN(CC)CC)cc2)cn1-c1ccc(Oc2ccc(Cl)cc2C2CCCCC2)cc1. The molecule has 0 aliphatic heterocycles. The van der Waals surface area contributed by atoms with Gasteiger partial charge in [0, 0.05) is 35.4 Å². The molecular formula is C38H48ClN3O2. The third-order valence-corrected chi connectivity index (χ3v) is 9.06. The topological polar surface area (TPSA) is 39.5 Å². The van der Waals surface area contributed by atoms with Crippen LogP contribution in [-0.2, 0) is 6.42 Å². The average Bonchev–Trinajstić information content (AvgIpc) is 3.50. The zero-order chi connectivity index (χ0) is 30.7. The summed E-state index contributed by atoms with van der Waals surface area (Å²) in [6.45, 7) is 10.6. The minimum absolute atomic E-state index is 0.514. The first kappa shape index (κ1) is 32.1. The zero-order valence-corrected chi connectivity index (χ0v) is 27.5. The second-order valence-corrected chi connectivity index (χ2v) is 12.3. The molecule has 0 unspecified atom stereocenters. The Morgan fingerprint density at radius 1 is 0.864 bits per heavy atom. The van der Waals surface area contributed by atoms with Gasteiger partial charge in [-0.15, -0.1) is 0 Å². The Labute approximate surface area is 269 Å². The van der Waals surface area contributed by atoms with E-state index >= 15 is 0 Å². The maximum Gasteiger partial charge on any atom is 0.131 e. The molecule has 1 aliphatic rings. The molecule has 0 atom stereocenters. The molecule has 1 saturated carbocycles. The number of hydrogen-bond acceptors (Lipinski definition) is 4. The van der Waals surface area contributed by atoms with Gasteiger partial charge in [-0.25, -0.2) is 4.98 Å². The van der Waals surface area contributed by atoms with E-state index in [0.29, 0.717) is 5.92 Å². The van der Waals surface area contributed by atoms with Gasteiger partial charge in [-0.05, 0) is 117 Å². The molecule has 5 nitrogen and oxygen atoms in total. The Kier molecular flexibility index (Phi) is 11.8. The van der Waals surface area contributed by atoms with Crippen molar-refractivity contribution in [1.29, 1.82) is 0 Å². The number of hydrogen-bond donors (Lipinski definition) is 0. The molecule has 0 amide bonds. The van der Waals surface area contributed by atoms with Gasteiger partial charge in [0.05, 0.1) is 12.3 Å². The normalized spacial score (nSPS) is 13.8. The lowest BCUT2D eigenvalue weighted by atomic mass is 9.84. The number of rotatable bonds is 15. The van der Waals surface area contributed by atoms with Crippen LogP contribution in [0.15, 0.2) is 72.9 Å². The zero-order valence-electron chi connectivity index (χ0n) is 26.7. The highest BCUT2D eigenvalue weighted by atomic mass is 35.5. The van der Waals surface area contributed by atoms with Gasteiger partial charge < -0.3 is 18.9 Å². The molecule has 0 spiro atoms. The van der Waals surface area contributed by atoms with Crippen LogP contribution >= 0.6 is 11.6 Å². The fourth-order valence-electron chi connectivity index (χ4n) is 6.18. The van der Waals surface area contributed by atoms with E-state index in [1.54, 1.807) is 0 Å². The molecule has 3 aromatic carbocycles. The maximum absolute atomic E-state index is 6.45. The lowest BCUT2D eigenvalue weighted by molar-refractivity contribution is 0.249. The summed E-state index contributed by atoms with van der Waals surface area (Å²) < 4.78 is 14.7. The Balaban J connectivity index is 1.29. The minimum Gasteiger partial charge on any atom is -0.494 e. The third kappa shape index (κ3) is 8.46. The van der Waals surface area contributed by atoms with Gasteiger partial charge in [0.15, 0.2) is 0 Å². The summed E-state index contributed by atoms with van der Waals surface area (Å²) in [4.78, 5) is 7.50. The fraction of sp³-hybridized carbons (Fsp3) is 0.447. The summed E-state index contributed by atoms with van der Waals surface area (Å²) in [6.07, 6.45) is 12.6. The van der Waals surface area contributed by atoms with E-state index in [2.05, 4.69) is 91.0 Å². The van der Waals surface area contributed by atoms with E-state index in [9.17, 15) is 0 Å². The smallest absolute Gasteiger partial charge is 0.131 e. The predicted molar refractivity (Wildman–Crippen MR) is 183 cm³/mol. The summed E-state index contributed by atoms with van der Waals surface area (Å²) in [6, 6.07) is 22.8. The largest absolute Gasteiger partial charge is 0.494 e. The Hall–Kier alpha value is -3.28. The van der Waals surface area contributed by atoms with E-state index in [1.807, 2.05) is 12.1 Å². The van der Waals surface area contributed by atoms with Gasteiger partial charge >= 0.3 is 0 Å². The Morgan fingerprint density at radius 3 is 2.30 bits per heavy atom. The van der Waals surface area contributed by atoms with Crippen molar-refractivity contribution < 1.29 is 9.47 Å². The first-order valence-electron chi connectivity index (χ1n) is 16.7. The highest BCUT2D eigenvalue weighted by molar-refractivity contribution is 6.30. The molecule has 4 aromatic rings. The summed E-state index contributed by atoms with van der Waals surface area (Å²) in [5, 5.41) is 0.775. The highest BCUT2D eigenvalue weighted by Crippen LogP contribution is 2.40. The third-order valence-electron chi connectivity index (χ3n) is 8.82. The second kappa shape index (κ2) is 16.2. The van der Waals surface area contributed by atoms with E-state index in [0.717, 1.165) is 97.0 Å². The van der Waals surface area contributed by atoms with Gasteiger partial charge in [-0.1, -0.05) is 58.1 Å². The van der Waals surface area contributed by atoms with Crippen molar-refractivity contribution in [3.8, 4) is 34.2 Å². The van der Waals surface area contributed by atoms with Crippen molar-refractivity contribution in [2.24, 2.45) is 0 Å². The monoisotopic (exact) mass is 613 g/mol. The van der Waals surface area contributed by atoms with Crippen molar-refractivity contribution in [3.05, 3.63) is 89.3 Å². The molecule has 0 bridgehead atoms. The first-order valence-corrected chi connectivity index (χ1v) is 17.1. The number of benzene rings is 3. The van der Waals surface area contributed by atoms with Gasteiger partial charge in [0.1, 0.15) is 23.1 Å². The van der Waals surface area contributed by atoms with Crippen LogP contribution in [0, 0.1) is 0 Å². The highest BCUT2D eigenvalue weighted by Gasteiger charge is 2.20. The Bertz CT molecular complexity index is 1440. The van der Waals surface area contributed by atoms with Crippen molar-refractivity contribution in [2.75, 3.05) is 26.2 Å². The van der Waals surface area contributed by atoms with Crippen LogP contribution < -0.4 is 9.47 Å². The maximum atomic E-state index is 6.45. The number of nitrogens with zero attached hydrogens (tertiary/aromatic N) is 3. The van der Waals surface area contributed by atoms with Gasteiger partial charge in [-0.2, -0.15) is 0 Å². The van der Waals surface area contributed by atoms with Crippen LogP contribution in [0.25, 0.3) is 16.9 Å². The van der Waals surface area contributed by atoms with Crippen molar-refractivity contribution in [2.45, 2.75) is 84.5 Å². The van der Waals surface area contributed by atoms with Crippen molar-refractivity contribution in [1.82, 2.24) is 14.5 Å². The van der Waals surface area contributed by atoms with Crippen LogP contribution in [0.2, 0.25) is 5.02 Å². The molecule has 1 aromatic heterocycles. The first-order chi connectivity index (χ1) is 21.6. The molecule has 5 rings (SSSR count). The lowest BCUT2D eigenvalue weighted by Crippen LogP contribution is -2.25. The Morgan fingerprint density at radius 2 is 1.59 bits per heavy atom. The second-order valence-electron chi connectivity index (χ2n) is 11.9. The number of aryl methyl sites for hydroxylation is 1. The molecule has 1 heterocycles. The van der Waals surface area contributed by atoms with Gasteiger partial charge in [0.25, 0.3) is 0 Å². The number of imidazole rings is 1. The van der Waals surface area contributed by atoms with E-state index < -0.39 is 0 Å². The average molecular weight is 614 g/mol. The fourth-order valence-corrected chi connectivity index (χ4v) is 6.36. The minimum atomic E-state index is 0.514. The van der Waals surface area contributed by atoms with Crippen LogP contribution in [0.1, 0.15) is 89.4 Å². The molecule has 1 aliphatic carbocycles. The number of unbranched alkanes of at least 4 members (excludes halogenated alkanes) is 1. The predicted octanol–water partition coefficient (Wildman–Crippen LogP) is 10.5. The van der Waals surface area contributed by atoms with Gasteiger partial charge in [0.2, 0.25) is 0 Å². The number of aromatic nitrogens is 2. The van der Waals surface area contributed by atoms with E-state index in [-0.39, 0.29) is 0 Å². The molecule has 44 heavy (non-hydrogen) atoms. The quantitative estimate of drug-likeness (QED) is 0.125. The van der Waals surface area contributed by atoms with Gasteiger partial charge in [-0.3, -0.25) is 0 Å². The lowest BCUT2D eigenvalue weighted by Gasteiger charge is -2.24. The molecule has 1 fully saturated rings. The van der Waals surface area contributed by atoms with Crippen LogP contribution in [0.4, 0.5) is 0 Å².